The molecule has 1 amide bonds. The van der Waals surface area contributed by atoms with E-state index in [2.05, 4.69) is 10.3 Å². The molecule has 1 fully saturated rings. The largest absolute Gasteiger partial charge is 0.394 e. The predicted molar refractivity (Wildman–Crippen MR) is 99.8 cm³/mol. The van der Waals surface area contributed by atoms with Crippen molar-refractivity contribution in [2.45, 2.75) is 18.5 Å². The number of aromatic nitrogens is 1. The maximum atomic E-state index is 14.5. The van der Waals surface area contributed by atoms with Crippen molar-refractivity contribution in [3.05, 3.63) is 54.1 Å². The molecule has 1 aliphatic rings. The molecule has 1 aliphatic heterocycles. The minimum Gasteiger partial charge on any atom is -0.394 e. The third-order valence-electron chi connectivity index (χ3n) is 5.23. The Morgan fingerprint density at radius 2 is 2.15 bits per heavy atom. The maximum absolute atomic E-state index is 14.5. The molecule has 27 heavy (non-hydrogen) atoms. The fourth-order valence-electron chi connectivity index (χ4n) is 3.26. The number of benzene rings is 1. The van der Waals surface area contributed by atoms with Gasteiger partial charge in [-0.25, -0.2) is 4.39 Å². The van der Waals surface area contributed by atoms with E-state index >= 15 is 0 Å². The Balaban J connectivity index is 1.72. The van der Waals surface area contributed by atoms with Gasteiger partial charge in [0.1, 0.15) is 5.82 Å². The first-order chi connectivity index (χ1) is 13.0. The monoisotopic (exact) mass is 373 g/mol. The summed E-state index contributed by atoms with van der Waals surface area (Å²) in [7, 11) is 1.90. The molecule has 0 unspecified atom stereocenters. The number of pyridine rings is 1. The minimum absolute atomic E-state index is 0.125. The highest BCUT2D eigenvalue weighted by molar-refractivity contribution is 5.94. The van der Waals surface area contributed by atoms with Gasteiger partial charge in [0.25, 0.3) is 5.91 Å². The maximum Gasteiger partial charge on any atom is 0.251 e. The zero-order chi connectivity index (χ0) is 19.4. The second-order valence-electron chi connectivity index (χ2n) is 6.97. The van der Waals surface area contributed by atoms with Crippen LogP contribution < -0.4 is 5.32 Å². The minimum atomic E-state index is -0.692. The quantitative estimate of drug-likeness (QED) is 0.835. The molecule has 2 atom stereocenters. The molecular weight excluding hydrogens is 349 g/mol. The number of morpholine rings is 1. The lowest BCUT2D eigenvalue weighted by molar-refractivity contribution is -0.105. The first kappa shape index (κ1) is 19.4. The number of nitrogens with one attached hydrogen (secondary N) is 1. The highest BCUT2D eigenvalue weighted by atomic mass is 19.1. The van der Waals surface area contributed by atoms with Crippen molar-refractivity contribution in [1.29, 1.82) is 0 Å². The van der Waals surface area contributed by atoms with E-state index in [1.54, 1.807) is 36.7 Å². The Bertz CT molecular complexity index is 802. The van der Waals surface area contributed by atoms with Gasteiger partial charge in [-0.3, -0.25) is 14.7 Å². The molecule has 2 N–H and O–H groups in total. The van der Waals surface area contributed by atoms with E-state index in [-0.39, 0.29) is 24.8 Å². The zero-order valence-corrected chi connectivity index (χ0v) is 15.5. The molecule has 0 aliphatic carbocycles. The van der Waals surface area contributed by atoms with Crippen LogP contribution in [0.3, 0.4) is 0 Å². The molecule has 6 nitrogen and oxygen atoms in total. The molecule has 1 saturated heterocycles. The Kier molecular flexibility index (Phi) is 5.84. The molecule has 3 rings (SSSR count). The summed E-state index contributed by atoms with van der Waals surface area (Å²) < 4.78 is 20.0. The number of hydrogen-bond donors (Lipinski definition) is 2. The van der Waals surface area contributed by atoms with E-state index in [0.29, 0.717) is 24.3 Å². The van der Waals surface area contributed by atoms with Crippen LogP contribution >= 0.6 is 0 Å². The number of aliphatic hydroxyl groups is 1. The van der Waals surface area contributed by atoms with Crippen LogP contribution in [-0.2, 0) is 4.74 Å². The molecule has 0 spiro atoms. The van der Waals surface area contributed by atoms with Gasteiger partial charge in [-0.05, 0) is 43.8 Å². The molecule has 144 valence electrons. The van der Waals surface area contributed by atoms with E-state index in [9.17, 15) is 14.3 Å². The van der Waals surface area contributed by atoms with Gasteiger partial charge in [0.15, 0.2) is 0 Å². The number of aliphatic hydroxyl groups excluding tert-OH is 1. The number of carbonyl (C=O) groups is 1. The molecule has 2 heterocycles. The van der Waals surface area contributed by atoms with E-state index < -0.39 is 17.3 Å². The van der Waals surface area contributed by atoms with Gasteiger partial charge in [-0.1, -0.05) is 6.07 Å². The summed E-state index contributed by atoms with van der Waals surface area (Å²) in [4.78, 5) is 18.4. The highest BCUT2D eigenvalue weighted by Crippen LogP contribution is 2.24. The predicted octanol–water partition coefficient (Wildman–Crippen LogP) is 1.70. The van der Waals surface area contributed by atoms with Crippen molar-refractivity contribution in [3.63, 3.8) is 0 Å². The number of ether oxygens (including phenoxy) is 1. The Morgan fingerprint density at radius 3 is 2.81 bits per heavy atom. The van der Waals surface area contributed by atoms with Gasteiger partial charge in [-0.2, -0.15) is 0 Å². The number of halogens is 1. The van der Waals surface area contributed by atoms with Crippen LogP contribution in [-0.4, -0.2) is 65.9 Å². The lowest BCUT2D eigenvalue weighted by Gasteiger charge is -2.47. The number of hydrogen-bond acceptors (Lipinski definition) is 5. The topological polar surface area (TPSA) is 74.7 Å². The van der Waals surface area contributed by atoms with Crippen LogP contribution in [0.5, 0.6) is 0 Å². The first-order valence-corrected chi connectivity index (χ1v) is 8.86. The summed E-state index contributed by atoms with van der Waals surface area (Å²) in [6, 6.07) is 7.94. The normalized spacial score (nSPS) is 23.2. The zero-order valence-electron chi connectivity index (χ0n) is 15.5. The lowest BCUT2D eigenvalue weighted by Crippen LogP contribution is -2.65. The molecule has 2 aromatic rings. The van der Waals surface area contributed by atoms with Crippen molar-refractivity contribution >= 4 is 5.91 Å². The van der Waals surface area contributed by atoms with Crippen LogP contribution in [0.2, 0.25) is 0 Å². The van der Waals surface area contributed by atoms with Gasteiger partial charge in [-0.15, -0.1) is 0 Å². The molecule has 1 aromatic carbocycles. The van der Waals surface area contributed by atoms with Crippen LogP contribution in [0.25, 0.3) is 11.1 Å². The SMILES string of the molecule is C[C@@H]1COC[C@@](CO)(CNC(=O)c2ccc(-c3ccncc3)c(F)c2)N1C. The fourth-order valence-corrected chi connectivity index (χ4v) is 3.26. The van der Waals surface area contributed by atoms with Gasteiger partial charge >= 0.3 is 0 Å². The van der Waals surface area contributed by atoms with Gasteiger partial charge < -0.3 is 15.2 Å². The second-order valence-corrected chi connectivity index (χ2v) is 6.97. The van der Waals surface area contributed by atoms with E-state index in [1.165, 1.54) is 6.07 Å². The Labute approximate surface area is 158 Å². The standard InChI is InChI=1S/C20H24FN3O3/c1-14-10-27-13-20(12-25,24(14)2)11-23-19(26)16-3-4-17(18(21)9-16)15-5-7-22-8-6-15/h3-9,14,25H,10-13H2,1-2H3,(H,23,26)/t14-,20+/m1/s1. The first-order valence-electron chi connectivity index (χ1n) is 8.86. The second kappa shape index (κ2) is 8.12. The van der Waals surface area contributed by atoms with Crippen molar-refractivity contribution in [2.24, 2.45) is 0 Å². The third-order valence-corrected chi connectivity index (χ3v) is 5.23. The Morgan fingerprint density at radius 1 is 1.41 bits per heavy atom. The van der Waals surface area contributed by atoms with Crippen LogP contribution in [0.1, 0.15) is 17.3 Å². The van der Waals surface area contributed by atoms with Crippen molar-refractivity contribution in [2.75, 3.05) is 33.4 Å². The van der Waals surface area contributed by atoms with Crippen molar-refractivity contribution < 1.29 is 19.0 Å². The fraction of sp³-hybridized carbons (Fsp3) is 0.400. The van der Waals surface area contributed by atoms with E-state index in [0.717, 1.165) is 0 Å². The van der Waals surface area contributed by atoms with E-state index in [1.807, 2.05) is 18.9 Å². The van der Waals surface area contributed by atoms with E-state index in [4.69, 9.17) is 4.74 Å². The van der Waals surface area contributed by atoms with Gasteiger partial charge in [0.2, 0.25) is 0 Å². The molecule has 7 heteroatoms. The summed E-state index contributed by atoms with van der Waals surface area (Å²) in [5.41, 5.74) is 0.646. The molecule has 0 bridgehead atoms. The third kappa shape index (κ3) is 4.00. The summed E-state index contributed by atoms with van der Waals surface area (Å²) in [5, 5.41) is 12.7. The number of likely N-dealkylation sites (N-methyl/N-ethyl adjacent to an activating group) is 1. The van der Waals surface area contributed by atoms with Crippen LogP contribution in [0, 0.1) is 5.82 Å². The molecule has 1 aromatic heterocycles. The summed E-state index contributed by atoms with van der Waals surface area (Å²) in [5.74, 6) is -0.868. The van der Waals surface area contributed by atoms with Crippen molar-refractivity contribution in [1.82, 2.24) is 15.2 Å². The number of nitrogens with zero attached hydrogens (tertiary/aromatic N) is 2. The molecule has 0 radical (unpaired) electrons. The smallest absolute Gasteiger partial charge is 0.251 e. The Hall–Kier alpha value is -2.35. The highest BCUT2D eigenvalue weighted by Gasteiger charge is 2.40. The summed E-state index contributed by atoms with van der Waals surface area (Å²) >= 11 is 0. The van der Waals surface area contributed by atoms with Gasteiger partial charge in [0, 0.05) is 36.1 Å². The van der Waals surface area contributed by atoms with Gasteiger partial charge in [0.05, 0.1) is 25.4 Å². The summed E-state index contributed by atoms with van der Waals surface area (Å²) in [6.45, 7) is 2.95. The number of carbonyl (C=O) groups excluding carboxylic acids is 1. The lowest BCUT2D eigenvalue weighted by atomic mass is 9.95. The summed E-state index contributed by atoms with van der Waals surface area (Å²) in [6.07, 6.45) is 3.18. The number of amides is 1. The average molecular weight is 373 g/mol. The van der Waals surface area contributed by atoms with Crippen LogP contribution in [0.4, 0.5) is 4.39 Å². The average Bonchev–Trinajstić information content (AvgIpc) is 2.69. The number of rotatable bonds is 5. The van der Waals surface area contributed by atoms with Crippen LogP contribution in [0.15, 0.2) is 42.7 Å². The molecule has 0 saturated carbocycles. The van der Waals surface area contributed by atoms with Crippen molar-refractivity contribution in [3.8, 4) is 11.1 Å². The molecular formula is C20H24FN3O3.